The van der Waals surface area contributed by atoms with E-state index in [1.165, 1.54) is 38.3 Å². The summed E-state index contributed by atoms with van der Waals surface area (Å²) in [7, 11) is 0. The van der Waals surface area contributed by atoms with E-state index in [9.17, 15) is 10.2 Å². The van der Waals surface area contributed by atoms with Crippen molar-refractivity contribution in [1.82, 2.24) is 39.9 Å². The van der Waals surface area contributed by atoms with Crippen LogP contribution in [0, 0.1) is 0 Å². The Hall–Kier alpha value is -2.90. The Morgan fingerprint density at radius 2 is 1.19 bits per heavy atom. The maximum Gasteiger partial charge on any atom is 0.221 e. The van der Waals surface area contributed by atoms with Gasteiger partial charge in [0.15, 0.2) is 11.3 Å². The standard InChI is InChI=1S/2C5H5N5O.2C4H9.Sn/c2*6-5-9-3-2(4(11)10-5)7-1-8-3;2*1-3-4-2;/h2*1H,(H4,6,7,8,9,10,11);2*1,3-4H2,2H3;/q;;;;+2/p-2. The first-order chi connectivity index (χ1) is 15.0. The molecule has 4 aromatic rings. The maximum atomic E-state index is 11.0. The van der Waals surface area contributed by atoms with Crippen LogP contribution >= 0.6 is 0 Å². The summed E-state index contributed by atoms with van der Waals surface area (Å²) in [5.41, 5.74) is 11.6. The molecule has 0 bridgehead atoms. The number of aromatic amines is 2. The molecular formula is C18H26N10O2Sn. The number of anilines is 2. The van der Waals surface area contributed by atoms with Gasteiger partial charge in [0.25, 0.3) is 0 Å². The Morgan fingerprint density at radius 1 is 0.774 bits per heavy atom. The number of nitrogens with zero attached hydrogens (tertiary/aromatic N) is 6. The van der Waals surface area contributed by atoms with E-state index in [0.717, 1.165) is 0 Å². The summed E-state index contributed by atoms with van der Waals surface area (Å²) in [5.74, 6) is -0.945. The molecule has 31 heavy (non-hydrogen) atoms. The van der Waals surface area contributed by atoms with E-state index in [2.05, 4.69) is 53.7 Å². The van der Waals surface area contributed by atoms with Crippen LogP contribution in [-0.2, 0) is 0 Å². The predicted molar refractivity (Wildman–Crippen MR) is 116 cm³/mol. The summed E-state index contributed by atoms with van der Waals surface area (Å²) in [6.45, 7) is 4.58. The van der Waals surface area contributed by atoms with Gasteiger partial charge in [-0.2, -0.15) is 9.97 Å². The van der Waals surface area contributed by atoms with Crippen molar-refractivity contribution in [2.24, 2.45) is 0 Å². The van der Waals surface area contributed by atoms with E-state index >= 15 is 0 Å². The number of H-pyrrole nitrogens is 2. The summed E-state index contributed by atoms with van der Waals surface area (Å²) >= 11 is 0.149. The third-order valence-electron chi connectivity index (χ3n) is 3.95. The summed E-state index contributed by atoms with van der Waals surface area (Å²) < 4.78 is 3.25. The Morgan fingerprint density at radius 3 is 1.58 bits per heavy atom. The van der Waals surface area contributed by atoms with Crippen molar-refractivity contribution >= 4 is 55.4 Å². The minimum atomic E-state index is -0.426. The Kier molecular flexibility index (Phi) is 10.00. The summed E-state index contributed by atoms with van der Waals surface area (Å²) in [4.78, 5) is 27.0. The molecule has 0 saturated heterocycles. The Balaban J connectivity index is 0.000000167. The topological polar surface area (TPSA) is 207 Å². The van der Waals surface area contributed by atoms with Crippen LogP contribution in [-0.4, -0.2) is 61.0 Å². The number of unbranched alkanes of at least 4 members (excludes halogenated alkanes) is 2. The second-order valence-corrected chi connectivity index (χ2v) is 10.7. The minimum absolute atomic E-state index is 0.0467. The quantitative estimate of drug-likeness (QED) is 0.205. The number of imidazole rings is 2. The van der Waals surface area contributed by atoms with Crippen LogP contribution in [0.5, 0.6) is 11.8 Å². The number of nitrogen functional groups attached to an aromatic ring is 2. The van der Waals surface area contributed by atoms with E-state index in [1.54, 1.807) is 8.87 Å². The fourth-order valence-corrected chi connectivity index (χ4v) is 6.53. The fraction of sp³-hybridized carbons (Fsp3) is 0.444. The summed E-state index contributed by atoms with van der Waals surface area (Å²) in [6, 6.07) is 0. The molecule has 0 aliphatic carbocycles. The third kappa shape index (κ3) is 7.70. The monoisotopic (exact) mass is 534 g/mol. The van der Waals surface area contributed by atoms with Crippen molar-refractivity contribution in [1.29, 1.82) is 0 Å². The van der Waals surface area contributed by atoms with Crippen LogP contribution in [0.1, 0.15) is 39.5 Å². The molecule has 0 atom stereocenters. The molecule has 13 heteroatoms. The third-order valence-corrected chi connectivity index (χ3v) is 7.99. The zero-order chi connectivity index (χ0) is 22.6. The second kappa shape index (κ2) is 12.7. The molecular weight excluding hydrogens is 507 g/mol. The zero-order valence-corrected chi connectivity index (χ0v) is 20.4. The Labute approximate surface area is 189 Å². The van der Waals surface area contributed by atoms with Gasteiger partial charge in [-0.05, 0) is 0 Å². The first-order valence-corrected chi connectivity index (χ1v) is 14.0. The number of nitrogens with two attached hydrogens (primary N) is 2. The molecule has 4 rings (SSSR count). The van der Waals surface area contributed by atoms with Crippen LogP contribution in [0.3, 0.4) is 0 Å². The van der Waals surface area contributed by atoms with Crippen LogP contribution in [0.4, 0.5) is 11.9 Å². The molecule has 0 radical (unpaired) electrons. The smallest absolute Gasteiger partial charge is 0.221 e. The number of hydrogen-bond acceptors (Lipinski definition) is 10. The Bertz CT molecular complexity index is 984. The predicted octanol–water partition coefficient (Wildman–Crippen LogP) is 1.14. The van der Waals surface area contributed by atoms with Gasteiger partial charge in [0, 0.05) is 11.8 Å². The molecule has 6 N–H and O–H groups in total. The molecule has 4 aromatic heterocycles. The van der Waals surface area contributed by atoms with Crippen molar-refractivity contribution in [2.45, 2.75) is 48.4 Å². The average molecular weight is 533 g/mol. The van der Waals surface area contributed by atoms with Crippen LogP contribution < -0.4 is 21.7 Å². The van der Waals surface area contributed by atoms with Gasteiger partial charge in [-0.25, -0.2) is 19.9 Å². The normalized spacial score (nSPS) is 10.1. The number of rotatable bonds is 6. The number of hydrogen-bond donors (Lipinski definition) is 4. The molecule has 0 spiro atoms. The van der Waals surface area contributed by atoms with Gasteiger partial charge in [0.1, 0.15) is 0 Å². The van der Waals surface area contributed by atoms with Gasteiger partial charge < -0.3 is 31.6 Å². The molecule has 4 heterocycles. The molecule has 0 aliphatic rings. The van der Waals surface area contributed by atoms with Gasteiger partial charge in [0.05, 0.1) is 23.7 Å². The average Bonchev–Trinajstić information content (AvgIpc) is 3.38. The number of aromatic nitrogens is 8. The first kappa shape index (κ1) is 24.4. The van der Waals surface area contributed by atoms with Gasteiger partial charge in [-0.1, -0.05) is 0 Å². The number of nitrogens with one attached hydrogen (secondary N) is 2. The van der Waals surface area contributed by atoms with E-state index in [1.807, 2.05) is 0 Å². The van der Waals surface area contributed by atoms with Crippen molar-refractivity contribution < 1.29 is 10.2 Å². The fourth-order valence-electron chi connectivity index (χ4n) is 2.37. The van der Waals surface area contributed by atoms with Crippen LogP contribution in [0.25, 0.3) is 22.3 Å². The van der Waals surface area contributed by atoms with Crippen molar-refractivity contribution in [3.8, 4) is 11.8 Å². The molecule has 0 unspecified atom stereocenters. The van der Waals surface area contributed by atoms with E-state index in [4.69, 9.17) is 11.5 Å². The summed E-state index contributed by atoms with van der Waals surface area (Å²) in [6.07, 6.45) is 8.59. The van der Waals surface area contributed by atoms with Crippen molar-refractivity contribution in [2.75, 3.05) is 11.5 Å². The number of fused-ring (bicyclic) bond motifs is 2. The largest absolute Gasteiger partial charge is 0.857 e. The molecule has 12 nitrogen and oxygen atoms in total. The molecule has 164 valence electrons. The van der Waals surface area contributed by atoms with Gasteiger partial charge in [-0.15, -0.1) is 0 Å². The second-order valence-electron chi connectivity index (χ2n) is 6.43. The van der Waals surface area contributed by atoms with Gasteiger partial charge in [-0.3, -0.25) is 0 Å². The van der Waals surface area contributed by atoms with Crippen LogP contribution in [0.2, 0.25) is 8.87 Å². The zero-order valence-electron chi connectivity index (χ0n) is 17.6. The van der Waals surface area contributed by atoms with E-state index < -0.39 is 11.8 Å². The molecule has 0 saturated carbocycles. The molecule has 0 aliphatic heterocycles. The molecule has 0 aromatic carbocycles. The molecule has 0 fully saturated rings. The summed E-state index contributed by atoms with van der Waals surface area (Å²) in [5, 5.41) is 21.9. The van der Waals surface area contributed by atoms with Crippen molar-refractivity contribution in [3.63, 3.8) is 0 Å². The van der Waals surface area contributed by atoms with Gasteiger partial charge in [0.2, 0.25) is 11.9 Å². The SMILES string of the molecule is CCC[CH2][Sn+2][CH2]CCC.Nc1nc([O-])c2[nH]cnc2n1.Nc1nc([O-])c2[nH]cnc2n1. The van der Waals surface area contributed by atoms with Crippen LogP contribution in [0.15, 0.2) is 12.7 Å². The maximum absolute atomic E-state index is 11.0. The van der Waals surface area contributed by atoms with E-state index in [0.29, 0.717) is 22.3 Å². The molecule has 0 amide bonds. The first-order valence-electron chi connectivity index (χ1n) is 9.94. The van der Waals surface area contributed by atoms with Crippen molar-refractivity contribution in [3.05, 3.63) is 12.7 Å². The van der Waals surface area contributed by atoms with Gasteiger partial charge >= 0.3 is 69.5 Å². The van der Waals surface area contributed by atoms with E-state index in [-0.39, 0.29) is 33.0 Å². The minimum Gasteiger partial charge on any atom is -0.857 e.